The minimum Gasteiger partial charge on any atom is -0.399 e. The summed E-state index contributed by atoms with van der Waals surface area (Å²) < 4.78 is 0. The fourth-order valence-electron chi connectivity index (χ4n) is 2.52. The van der Waals surface area contributed by atoms with Crippen LogP contribution < -0.4 is 16.4 Å². The lowest BCUT2D eigenvalue weighted by molar-refractivity contribution is 0.431. The second-order valence-corrected chi connectivity index (χ2v) is 4.99. The van der Waals surface area contributed by atoms with Gasteiger partial charge in [0.15, 0.2) is 0 Å². The average molecular weight is 233 g/mol. The number of benzene rings is 1. The molecule has 1 atom stereocenters. The van der Waals surface area contributed by atoms with Crippen LogP contribution in [0.15, 0.2) is 24.3 Å². The molecule has 2 rings (SSSR count). The lowest BCUT2D eigenvalue weighted by Crippen LogP contribution is -2.35. The van der Waals surface area contributed by atoms with Crippen molar-refractivity contribution in [3.63, 3.8) is 0 Å². The van der Waals surface area contributed by atoms with E-state index < -0.39 is 0 Å². The van der Waals surface area contributed by atoms with E-state index in [1.807, 2.05) is 12.1 Å². The van der Waals surface area contributed by atoms with E-state index >= 15 is 0 Å². The third-order valence-corrected chi connectivity index (χ3v) is 3.61. The lowest BCUT2D eigenvalue weighted by Gasteiger charge is -2.31. The summed E-state index contributed by atoms with van der Waals surface area (Å²) in [5.74, 6) is 0.632. The molecule has 0 radical (unpaired) electrons. The van der Waals surface area contributed by atoms with Gasteiger partial charge in [0.25, 0.3) is 0 Å². The van der Waals surface area contributed by atoms with Crippen LogP contribution in [0.5, 0.6) is 0 Å². The Labute approximate surface area is 104 Å². The smallest absolute Gasteiger partial charge is 0.0367 e. The minimum atomic E-state index is 0.632. The molecular weight excluding hydrogens is 210 g/mol. The zero-order valence-electron chi connectivity index (χ0n) is 10.4. The molecule has 4 N–H and O–H groups in total. The maximum Gasteiger partial charge on any atom is 0.0367 e. The molecule has 1 heterocycles. The van der Waals surface area contributed by atoms with Crippen LogP contribution in [-0.4, -0.2) is 19.6 Å². The van der Waals surface area contributed by atoms with E-state index in [0.29, 0.717) is 5.92 Å². The Morgan fingerprint density at radius 1 is 1.12 bits per heavy atom. The van der Waals surface area contributed by atoms with Gasteiger partial charge in [0, 0.05) is 24.5 Å². The number of nitrogens with two attached hydrogens (primary N) is 2. The van der Waals surface area contributed by atoms with Crippen LogP contribution in [0.3, 0.4) is 0 Å². The molecule has 3 nitrogen and oxygen atoms in total. The van der Waals surface area contributed by atoms with E-state index in [1.54, 1.807) is 0 Å². The van der Waals surface area contributed by atoms with Crippen molar-refractivity contribution >= 4 is 11.4 Å². The Kier molecular flexibility index (Phi) is 4.26. The first-order valence-electron chi connectivity index (χ1n) is 6.60. The fraction of sp³-hybridized carbons (Fsp3) is 0.571. The average Bonchev–Trinajstić information content (AvgIpc) is 2.31. The predicted octanol–water partition coefficient (Wildman–Crippen LogP) is 2.22. The zero-order chi connectivity index (χ0) is 12.1. The van der Waals surface area contributed by atoms with Crippen LogP contribution in [0.2, 0.25) is 0 Å². The summed E-state index contributed by atoms with van der Waals surface area (Å²) in [4.78, 5) is 2.45. The van der Waals surface area contributed by atoms with Crippen molar-refractivity contribution in [1.82, 2.24) is 0 Å². The Morgan fingerprint density at radius 2 is 1.88 bits per heavy atom. The van der Waals surface area contributed by atoms with Gasteiger partial charge < -0.3 is 16.4 Å². The highest BCUT2D eigenvalue weighted by atomic mass is 15.1. The van der Waals surface area contributed by atoms with E-state index in [1.165, 1.54) is 31.4 Å². The first-order chi connectivity index (χ1) is 8.29. The first kappa shape index (κ1) is 12.2. The largest absolute Gasteiger partial charge is 0.399 e. The van der Waals surface area contributed by atoms with E-state index in [4.69, 9.17) is 11.5 Å². The zero-order valence-corrected chi connectivity index (χ0v) is 10.4. The minimum absolute atomic E-state index is 0.632. The van der Waals surface area contributed by atoms with E-state index in [9.17, 15) is 0 Å². The van der Waals surface area contributed by atoms with Crippen molar-refractivity contribution in [2.75, 3.05) is 30.3 Å². The summed E-state index contributed by atoms with van der Waals surface area (Å²) in [6, 6.07) is 8.19. The molecule has 0 aromatic heterocycles. The van der Waals surface area contributed by atoms with Crippen molar-refractivity contribution in [1.29, 1.82) is 0 Å². The van der Waals surface area contributed by atoms with Crippen molar-refractivity contribution in [2.45, 2.75) is 25.7 Å². The maximum absolute atomic E-state index is 5.84. The van der Waals surface area contributed by atoms with Crippen molar-refractivity contribution in [3.8, 4) is 0 Å². The van der Waals surface area contributed by atoms with E-state index in [2.05, 4.69) is 17.0 Å². The van der Waals surface area contributed by atoms with Crippen LogP contribution in [0.1, 0.15) is 25.7 Å². The van der Waals surface area contributed by atoms with E-state index in [-0.39, 0.29) is 0 Å². The monoisotopic (exact) mass is 233 g/mol. The summed E-state index contributed by atoms with van der Waals surface area (Å²) in [7, 11) is 0. The SMILES string of the molecule is NCC1CCCCCN(c2ccc(N)cc2)C1. The second-order valence-electron chi connectivity index (χ2n) is 4.99. The van der Waals surface area contributed by atoms with Gasteiger partial charge in [0.1, 0.15) is 0 Å². The maximum atomic E-state index is 5.84. The molecule has 1 saturated heterocycles. The van der Waals surface area contributed by atoms with Crippen LogP contribution in [0, 0.1) is 5.92 Å². The van der Waals surface area contributed by atoms with Crippen LogP contribution >= 0.6 is 0 Å². The number of nitrogens with zero attached hydrogens (tertiary/aromatic N) is 1. The standard InChI is InChI=1S/C14H23N3/c15-10-12-4-2-1-3-9-17(11-12)14-7-5-13(16)6-8-14/h5-8,12H,1-4,9-11,15-16H2. The third kappa shape index (κ3) is 3.37. The molecule has 1 aromatic carbocycles. The van der Waals surface area contributed by atoms with Crippen molar-refractivity contribution in [2.24, 2.45) is 11.7 Å². The van der Waals surface area contributed by atoms with Crippen LogP contribution in [0.25, 0.3) is 0 Å². The van der Waals surface area contributed by atoms with Gasteiger partial charge in [-0.25, -0.2) is 0 Å². The number of hydrogen-bond acceptors (Lipinski definition) is 3. The summed E-state index contributed by atoms with van der Waals surface area (Å²) in [5.41, 5.74) is 13.7. The molecule has 17 heavy (non-hydrogen) atoms. The van der Waals surface area contributed by atoms with Gasteiger partial charge in [-0.2, -0.15) is 0 Å². The predicted molar refractivity (Wildman–Crippen MR) is 74.1 cm³/mol. The van der Waals surface area contributed by atoms with Crippen LogP contribution in [-0.2, 0) is 0 Å². The first-order valence-corrected chi connectivity index (χ1v) is 6.60. The number of hydrogen-bond donors (Lipinski definition) is 2. The molecule has 3 heteroatoms. The molecule has 0 saturated carbocycles. The van der Waals surface area contributed by atoms with Gasteiger partial charge >= 0.3 is 0 Å². The molecule has 94 valence electrons. The number of nitrogen functional groups attached to an aromatic ring is 1. The van der Waals surface area contributed by atoms with Gasteiger partial charge in [0.2, 0.25) is 0 Å². The van der Waals surface area contributed by atoms with Crippen molar-refractivity contribution in [3.05, 3.63) is 24.3 Å². The Hall–Kier alpha value is -1.22. The van der Waals surface area contributed by atoms with Crippen molar-refractivity contribution < 1.29 is 0 Å². The molecule has 1 aromatic rings. The molecular formula is C14H23N3. The van der Waals surface area contributed by atoms with Gasteiger partial charge in [-0.3, -0.25) is 0 Å². The molecule has 0 bridgehead atoms. The lowest BCUT2D eigenvalue weighted by atomic mass is 9.97. The summed E-state index contributed by atoms with van der Waals surface area (Å²) in [5, 5.41) is 0. The van der Waals surface area contributed by atoms with E-state index in [0.717, 1.165) is 25.3 Å². The summed E-state index contributed by atoms with van der Waals surface area (Å²) in [6.07, 6.45) is 5.20. The second kappa shape index (κ2) is 5.92. The quantitative estimate of drug-likeness (QED) is 0.770. The Morgan fingerprint density at radius 3 is 2.59 bits per heavy atom. The normalized spacial score (nSPS) is 21.9. The molecule has 1 fully saturated rings. The molecule has 1 unspecified atom stereocenters. The van der Waals surface area contributed by atoms with Gasteiger partial charge in [-0.15, -0.1) is 0 Å². The van der Waals surface area contributed by atoms with Gasteiger partial charge in [-0.1, -0.05) is 12.8 Å². The molecule has 1 aliphatic rings. The molecule has 0 aliphatic carbocycles. The van der Waals surface area contributed by atoms with Crippen LogP contribution in [0.4, 0.5) is 11.4 Å². The summed E-state index contributed by atoms with van der Waals surface area (Å²) >= 11 is 0. The molecule has 0 amide bonds. The Bertz CT molecular complexity index is 334. The number of rotatable bonds is 2. The highest BCUT2D eigenvalue weighted by Crippen LogP contribution is 2.22. The molecule has 0 spiro atoms. The third-order valence-electron chi connectivity index (χ3n) is 3.61. The number of anilines is 2. The fourth-order valence-corrected chi connectivity index (χ4v) is 2.52. The Balaban J connectivity index is 2.08. The van der Waals surface area contributed by atoms with Gasteiger partial charge in [0.05, 0.1) is 0 Å². The van der Waals surface area contributed by atoms with Gasteiger partial charge in [-0.05, 0) is 49.6 Å². The molecule has 1 aliphatic heterocycles. The summed E-state index contributed by atoms with van der Waals surface area (Å²) in [6.45, 7) is 3.02. The highest BCUT2D eigenvalue weighted by Gasteiger charge is 2.15. The highest BCUT2D eigenvalue weighted by molar-refractivity contribution is 5.53. The topological polar surface area (TPSA) is 55.3 Å².